The van der Waals surface area contributed by atoms with Crippen molar-refractivity contribution in [2.45, 2.75) is 69.1 Å². The lowest BCUT2D eigenvalue weighted by molar-refractivity contribution is -0.142. The van der Waals surface area contributed by atoms with E-state index in [4.69, 9.17) is 5.73 Å². The molecule has 0 aliphatic carbocycles. The van der Waals surface area contributed by atoms with Crippen molar-refractivity contribution in [1.29, 1.82) is 0 Å². The second kappa shape index (κ2) is 17.8. The van der Waals surface area contributed by atoms with Crippen molar-refractivity contribution in [3.05, 3.63) is 71.8 Å². The van der Waals surface area contributed by atoms with Gasteiger partial charge in [0.25, 0.3) is 0 Å². The fraction of sp³-hybridized carbons (Fsp3) is 0.469. The Labute approximate surface area is 253 Å². The maximum absolute atomic E-state index is 13.7. The van der Waals surface area contributed by atoms with Crippen LogP contribution in [0.2, 0.25) is 0 Å². The van der Waals surface area contributed by atoms with Crippen molar-refractivity contribution in [3.8, 4) is 0 Å². The Morgan fingerprint density at radius 2 is 1.58 bits per heavy atom. The molecule has 0 spiro atoms. The molecule has 0 saturated carbocycles. The van der Waals surface area contributed by atoms with E-state index in [9.17, 15) is 24.0 Å². The van der Waals surface area contributed by atoms with Gasteiger partial charge in [0.05, 0.1) is 18.6 Å². The van der Waals surface area contributed by atoms with Crippen LogP contribution in [-0.4, -0.2) is 85.7 Å². The van der Waals surface area contributed by atoms with Crippen LogP contribution in [0.15, 0.2) is 60.7 Å². The molecule has 1 aliphatic rings. The van der Waals surface area contributed by atoms with Crippen molar-refractivity contribution in [1.82, 2.24) is 26.2 Å². The number of nitrogens with one attached hydrogen (secondary N) is 4. The summed E-state index contributed by atoms with van der Waals surface area (Å²) in [4.78, 5) is 65.4. The van der Waals surface area contributed by atoms with Gasteiger partial charge in [-0.1, -0.05) is 60.7 Å². The molecule has 11 nitrogen and oxygen atoms in total. The molecule has 0 aromatic heterocycles. The molecule has 1 saturated heterocycles. The first kappa shape index (κ1) is 33.4. The molecular formula is C32H43N6O5. The normalized spacial score (nSPS) is 16.5. The van der Waals surface area contributed by atoms with Gasteiger partial charge in [-0.15, -0.1) is 0 Å². The number of benzene rings is 2. The van der Waals surface area contributed by atoms with Gasteiger partial charge >= 0.3 is 0 Å². The molecule has 43 heavy (non-hydrogen) atoms. The average Bonchev–Trinajstić information content (AvgIpc) is 3.52. The Hall–Kier alpha value is -4.09. The summed E-state index contributed by atoms with van der Waals surface area (Å²) in [5, 5.41) is 11.1. The highest BCUT2D eigenvalue weighted by molar-refractivity contribution is 5.94. The van der Waals surface area contributed by atoms with Gasteiger partial charge in [-0.25, -0.2) is 0 Å². The Morgan fingerprint density at radius 1 is 0.930 bits per heavy atom. The molecule has 3 rings (SSSR count). The van der Waals surface area contributed by atoms with E-state index in [1.807, 2.05) is 66.9 Å². The third-order valence-corrected chi connectivity index (χ3v) is 7.53. The van der Waals surface area contributed by atoms with Crippen LogP contribution in [0, 0.1) is 0 Å². The van der Waals surface area contributed by atoms with Gasteiger partial charge in [0, 0.05) is 13.0 Å². The lowest BCUT2D eigenvalue weighted by atomic mass is 10.0. The molecule has 4 atom stereocenters. The molecular weight excluding hydrogens is 548 g/mol. The van der Waals surface area contributed by atoms with Gasteiger partial charge < -0.3 is 31.9 Å². The van der Waals surface area contributed by atoms with E-state index in [-0.39, 0.29) is 24.8 Å². The monoisotopic (exact) mass is 591 g/mol. The summed E-state index contributed by atoms with van der Waals surface area (Å²) in [5.74, 6) is -1.62. The number of hydrogen-bond donors (Lipinski definition) is 5. The van der Waals surface area contributed by atoms with Gasteiger partial charge in [-0.2, -0.15) is 0 Å². The maximum atomic E-state index is 13.7. The number of unbranched alkanes of at least 4 members (excludes halogenated alkanes) is 1. The highest BCUT2D eigenvalue weighted by Gasteiger charge is 2.38. The van der Waals surface area contributed by atoms with Gasteiger partial charge in [0.1, 0.15) is 12.1 Å². The highest BCUT2D eigenvalue weighted by atomic mass is 16.2. The smallest absolute Gasteiger partial charge is 0.245 e. The van der Waals surface area contributed by atoms with Crippen LogP contribution in [0.3, 0.4) is 0 Å². The van der Waals surface area contributed by atoms with Crippen LogP contribution in [0.25, 0.3) is 0 Å². The number of amides is 4. The van der Waals surface area contributed by atoms with Crippen LogP contribution in [-0.2, 0) is 36.8 Å². The molecule has 2 aromatic rings. The SMILES string of the molecule is CN[C@@H](Cc1ccccc1)C(=O)N[C@@H](CCCCN)C(=O)N1CCC[C@H]1C(=O)NCC(=O)N[C@H]([C]=O)Cc1ccccc1. The van der Waals surface area contributed by atoms with Crippen LogP contribution in [0.5, 0.6) is 0 Å². The molecule has 231 valence electrons. The fourth-order valence-electron chi connectivity index (χ4n) is 5.20. The zero-order valence-electron chi connectivity index (χ0n) is 24.7. The number of carbonyl (C=O) groups excluding carboxylic acids is 5. The topological polar surface area (TPSA) is 163 Å². The first-order valence-corrected chi connectivity index (χ1v) is 14.9. The van der Waals surface area contributed by atoms with Crippen molar-refractivity contribution >= 4 is 29.9 Å². The zero-order valence-corrected chi connectivity index (χ0v) is 24.7. The maximum Gasteiger partial charge on any atom is 0.245 e. The van der Waals surface area contributed by atoms with Gasteiger partial charge in [0.2, 0.25) is 29.9 Å². The molecule has 6 N–H and O–H groups in total. The number of nitrogens with zero attached hydrogens (tertiary/aromatic N) is 1. The Kier molecular flexibility index (Phi) is 13.8. The van der Waals surface area contributed by atoms with E-state index in [1.165, 1.54) is 4.90 Å². The number of rotatable bonds is 17. The fourth-order valence-corrected chi connectivity index (χ4v) is 5.20. The number of nitrogens with two attached hydrogens (primary N) is 1. The minimum Gasteiger partial charge on any atom is -0.345 e. The molecule has 11 heteroatoms. The number of likely N-dealkylation sites (tertiary alicyclic amines) is 1. The van der Waals surface area contributed by atoms with Crippen LogP contribution in [0.1, 0.15) is 43.2 Å². The van der Waals surface area contributed by atoms with E-state index in [0.29, 0.717) is 51.6 Å². The van der Waals surface area contributed by atoms with Gasteiger partial charge in [-0.3, -0.25) is 24.0 Å². The van der Waals surface area contributed by atoms with E-state index in [1.54, 1.807) is 7.05 Å². The van der Waals surface area contributed by atoms with E-state index in [0.717, 1.165) is 11.1 Å². The molecule has 4 amide bonds. The van der Waals surface area contributed by atoms with Crippen LogP contribution >= 0.6 is 0 Å². The standard InChI is InChI=1S/C32H43N6O5/c1-34-27(20-24-13-6-3-7-14-24)30(41)37-26(15-8-9-17-33)32(43)38-18-10-16-28(38)31(42)35-21-29(40)36-25(22-39)19-23-11-4-2-5-12-23/h2-7,11-14,25-28,34H,8-10,15-21,33H2,1H3,(H,35,42)(H,36,40)(H,37,41)/t25-,26-,27-,28-/m0/s1. The summed E-state index contributed by atoms with van der Waals surface area (Å²) in [7, 11) is 1.70. The number of carbonyl (C=O) groups is 4. The van der Waals surface area contributed by atoms with E-state index < -0.39 is 36.0 Å². The Balaban J connectivity index is 1.59. The third kappa shape index (κ3) is 10.6. The summed E-state index contributed by atoms with van der Waals surface area (Å²) in [6.07, 6.45) is 5.35. The van der Waals surface area contributed by atoms with Crippen molar-refractivity contribution in [3.63, 3.8) is 0 Å². The van der Waals surface area contributed by atoms with Crippen molar-refractivity contribution in [2.75, 3.05) is 26.7 Å². The predicted molar refractivity (Wildman–Crippen MR) is 163 cm³/mol. The van der Waals surface area contributed by atoms with Crippen molar-refractivity contribution < 1.29 is 24.0 Å². The van der Waals surface area contributed by atoms with E-state index in [2.05, 4.69) is 21.3 Å². The molecule has 0 unspecified atom stereocenters. The second-order valence-electron chi connectivity index (χ2n) is 10.7. The Bertz CT molecular complexity index is 1200. The minimum atomic E-state index is -0.849. The summed E-state index contributed by atoms with van der Waals surface area (Å²) in [6, 6.07) is 15.9. The second-order valence-corrected chi connectivity index (χ2v) is 10.7. The molecule has 0 bridgehead atoms. The van der Waals surface area contributed by atoms with Gasteiger partial charge in [0.15, 0.2) is 0 Å². The lowest BCUT2D eigenvalue weighted by Crippen LogP contribution is -2.56. The predicted octanol–water partition coefficient (Wildman–Crippen LogP) is 0.375. The third-order valence-electron chi connectivity index (χ3n) is 7.53. The molecule has 1 heterocycles. The highest BCUT2D eigenvalue weighted by Crippen LogP contribution is 2.20. The molecule has 1 aliphatic heterocycles. The average molecular weight is 592 g/mol. The lowest BCUT2D eigenvalue weighted by Gasteiger charge is -2.29. The summed E-state index contributed by atoms with van der Waals surface area (Å²) in [6.45, 7) is 0.488. The quantitative estimate of drug-likeness (QED) is 0.166. The number of hydrogen-bond acceptors (Lipinski definition) is 7. The summed E-state index contributed by atoms with van der Waals surface area (Å²) < 4.78 is 0. The Morgan fingerprint density at radius 3 is 2.19 bits per heavy atom. The molecule has 1 radical (unpaired) electrons. The van der Waals surface area contributed by atoms with E-state index >= 15 is 0 Å². The first-order chi connectivity index (χ1) is 20.9. The minimum absolute atomic E-state index is 0.284. The van der Waals surface area contributed by atoms with Crippen molar-refractivity contribution in [2.24, 2.45) is 5.73 Å². The molecule has 1 fully saturated rings. The van der Waals surface area contributed by atoms with Crippen LogP contribution in [0.4, 0.5) is 0 Å². The van der Waals surface area contributed by atoms with Crippen LogP contribution < -0.4 is 27.0 Å². The van der Waals surface area contributed by atoms with Gasteiger partial charge in [-0.05, 0) is 63.2 Å². The zero-order chi connectivity index (χ0) is 31.0. The largest absolute Gasteiger partial charge is 0.345 e. The summed E-state index contributed by atoms with van der Waals surface area (Å²) >= 11 is 0. The number of likely N-dealkylation sites (N-methyl/N-ethyl adjacent to an activating group) is 1. The molecule has 2 aromatic carbocycles. The summed E-state index contributed by atoms with van der Waals surface area (Å²) in [5.41, 5.74) is 7.52. The first-order valence-electron chi connectivity index (χ1n) is 14.9.